The minimum Gasteiger partial charge on any atom is -0.344 e. The van der Waals surface area contributed by atoms with Crippen LogP contribution in [0.5, 0.6) is 0 Å². The van der Waals surface area contributed by atoms with E-state index in [4.69, 9.17) is 11.6 Å². The molecule has 6 heteroatoms. The number of hydrogen-bond acceptors (Lipinski definition) is 2. The summed E-state index contributed by atoms with van der Waals surface area (Å²) in [7, 11) is 0. The number of halogens is 2. The maximum atomic E-state index is 13.3. The van der Waals surface area contributed by atoms with E-state index in [9.17, 15) is 14.0 Å². The maximum absolute atomic E-state index is 13.3. The second kappa shape index (κ2) is 7.33. The summed E-state index contributed by atoms with van der Waals surface area (Å²) in [5.41, 5.74) is 0.0538. The third-order valence-electron chi connectivity index (χ3n) is 6.94. The molecule has 0 aliphatic heterocycles. The molecular formula is C22H28ClFN2O2. The summed E-state index contributed by atoms with van der Waals surface area (Å²) in [6.45, 7) is 3.83. The molecular weight excluding hydrogens is 379 g/mol. The topological polar surface area (TPSA) is 58.2 Å². The van der Waals surface area contributed by atoms with Gasteiger partial charge in [-0.2, -0.15) is 0 Å². The second-order valence-electron chi connectivity index (χ2n) is 9.51. The molecule has 4 aliphatic carbocycles. The number of benzene rings is 1. The SMILES string of the molecule is CC(C)C(NC(=O)C12CC3CC(CC(C3)C1)C2)C(=O)Nc1ccc(F)cc1Cl. The number of rotatable bonds is 5. The Morgan fingerprint density at radius 1 is 1.11 bits per heavy atom. The molecule has 0 spiro atoms. The van der Waals surface area contributed by atoms with Crippen LogP contribution in [0.2, 0.25) is 5.02 Å². The zero-order valence-electron chi connectivity index (χ0n) is 16.4. The van der Waals surface area contributed by atoms with Crippen LogP contribution in [0.15, 0.2) is 18.2 Å². The lowest BCUT2D eigenvalue weighted by Crippen LogP contribution is -2.57. The summed E-state index contributed by atoms with van der Waals surface area (Å²) in [4.78, 5) is 26.2. The highest BCUT2D eigenvalue weighted by molar-refractivity contribution is 6.33. The fourth-order valence-corrected chi connectivity index (χ4v) is 6.23. The molecule has 1 aromatic carbocycles. The van der Waals surface area contributed by atoms with E-state index in [0.717, 1.165) is 25.3 Å². The Labute approximate surface area is 170 Å². The molecule has 4 bridgehead atoms. The molecule has 4 aliphatic rings. The highest BCUT2D eigenvalue weighted by atomic mass is 35.5. The van der Waals surface area contributed by atoms with Gasteiger partial charge < -0.3 is 10.6 Å². The van der Waals surface area contributed by atoms with Gasteiger partial charge in [0.05, 0.1) is 10.7 Å². The molecule has 152 valence electrons. The van der Waals surface area contributed by atoms with E-state index in [2.05, 4.69) is 10.6 Å². The molecule has 4 saturated carbocycles. The summed E-state index contributed by atoms with van der Waals surface area (Å²) in [6.07, 6.45) is 6.68. The molecule has 0 radical (unpaired) electrons. The molecule has 0 saturated heterocycles. The van der Waals surface area contributed by atoms with Crippen molar-refractivity contribution in [3.63, 3.8) is 0 Å². The summed E-state index contributed by atoms with van der Waals surface area (Å²) in [5, 5.41) is 5.94. The molecule has 4 nitrogen and oxygen atoms in total. The molecule has 0 heterocycles. The molecule has 5 rings (SSSR count). The Bertz CT molecular complexity index is 759. The first-order chi connectivity index (χ1) is 13.3. The zero-order valence-corrected chi connectivity index (χ0v) is 17.2. The third-order valence-corrected chi connectivity index (χ3v) is 7.26. The van der Waals surface area contributed by atoms with Crippen LogP contribution in [0, 0.1) is 34.9 Å². The largest absolute Gasteiger partial charge is 0.344 e. The van der Waals surface area contributed by atoms with Gasteiger partial charge in [0, 0.05) is 5.41 Å². The van der Waals surface area contributed by atoms with Gasteiger partial charge in [-0.15, -0.1) is 0 Å². The number of nitrogens with one attached hydrogen (secondary N) is 2. The van der Waals surface area contributed by atoms with E-state index in [1.807, 2.05) is 13.8 Å². The van der Waals surface area contributed by atoms with Crippen LogP contribution in [0.1, 0.15) is 52.4 Å². The predicted octanol–water partition coefficient (Wildman–Crippen LogP) is 4.77. The summed E-state index contributed by atoms with van der Waals surface area (Å²) >= 11 is 6.03. The van der Waals surface area contributed by atoms with Gasteiger partial charge in [-0.05, 0) is 80.4 Å². The van der Waals surface area contributed by atoms with Crippen molar-refractivity contribution in [1.29, 1.82) is 0 Å². The van der Waals surface area contributed by atoms with Crippen LogP contribution in [0.25, 0.3) is 0 Å². The number of carbonyl (C=O) groups excluding carboxylic acids is 2. The van der Waals surface area contributed by atoms with E-state index in [0.29, 0.717) is 23.4 Å². The van der Waals surface area contributed by atoms with Crippen molar-refractivity contribution in [3.05, 3.63) is 29.0 Å². The molecule has 1 atom stereocenters. The van der Waals surface area contributed by atoms with Crippen LogP contribution in [0.3, 0.4) is 0 Å². The smallest absolute Gasteiger partial charge is 0.247 e. The van der Waals surface area contributed by atoms with E-state index in [-0.39, 0.29) is 28.2 Å². The minimum atomic E-state index is -0.651. The monoisotopic (exact) mass is 406 g/mol. The van der Waals surface area contributed by atoms with Gasteiger partial charge in [-0.3, -0.25) is 9.59 Å². The number of carbonyl (C=O) groups is 2. The van der Waals surface area contributed by atoms with Crippen LogP contribution >= 0.6 is 11.6 Å². The van der Waals surface area contributed by atoms with Gasteiger partial charge in [0.15, 0.2) is 0 Å². The molecule has 1 unspecified atom stereocenters. The lowest BCUT2D eigenvalue weighted by atomic mass is 9.49. The van der Waals surface area contributed by atoms with Gasteiger partial charge in [-0.25, -0.2) is 4.39 Å². The van der Waals surface area contributed by atoms with Crippen molar-refractivity contribution in [3.8, 4) is 0 Å². The van der Waals surface area contributed by atoms with Crippen molar-refractivity contribution in [2.75, 3.05) is 5.32 Å². The second-order valence-corrected chi connectivity index (χ2v) is 9.91. The Morgan fingerprint density at radius 2 is 1.68 bits per heavy atom. The van der Waals surface area contributed by atoms with Crippen molar-refractivity contribution >= 4 is 29.1 Å². The van der Waals surface area contributed by atoms with Gasteiger partial charge in [0.25, 0.3) is 0 Å². The highest BCUT2D eigenvalue weighted by Crippen LogP contribution is 2.60. The lowest BCUT2D eigenvalue weighted by Gasteiger charge is -2.55. The molecule has 28 heavy (non-hydrogen) atoms. The standard InChI is InChI=1S/C22H28ClFN2O2/c1-12(2)19(20(27)25-18-4-3-16(24)8-17(18)23)26-21(28)22-9-13-5-14(10-22)7-15(6-13)11-22/h3-4,8,12-15,19H,5-7,9-11H2,1-2H3,(H,25,27)(H,26,28). The van der Waals surface area contributed by atoms with E-state index < -0.39 is 11.9 Å². The summed E-state index contributed by atoms with van der Waals surface area (Å²) in [6, 6.07) is 3.20. The number of amides is 2. The average Bonchev–Trinajstić information content (AvgIpc) is 2.60. The van der Waals surface area contributed by atoms with Crippen LogP contribution in [-0.4, -0.2) is 17.9 Å². The molecule has 1 aromatic rings. The zero-order chi connectivity index (χ0) is 20.1. The molecule has 2 N–H and O–H groups in total. The van der Waals surface area contributed by atoms with Gasteiger partial charge in [0.2, 0.25) is 11.8 Å². The van der Waals surface area contributed by atoms with Gasteiger partial charge in [0.1, 0.15) is 11.9 Å². The first-order valence-corrected chi connectivity index (χ1v) is 10.7. The van der Waals surface area contributed by atoms with Crippen molar-refractivity contribution < 1.29 is 14.0 Å². The molecule has 2 amide bonds. The van der Waals surface area contributed by atoms with Crippen LogP contribution in [-0.2, 0) is 9.59 Å². The summed E-state index contributed by atoms with van der Waals surface area (Å²) in [5.74, 6) is 1.19. The highest BCUT2D eigenvalue weighted by Gasteiger charge is 2.55. The van der Waals surface area contributed by atoms with Gasteiger partial charge >= 0.3 is 0 Å². The number of anilines is 1. The predicted molar refractivity (Wildman–Crippen MR) is 107 cm³/mol. The molecule has 0 aromatic heterocycles. The molecule has 4 fully saturated rings. The van der Waals surface area contributed by atoms with E-state index >= 15 is 0 Å². The first kappa shape index (κ1) is 19.7. The fourth-order valence-electron chi connectivity index (χ4n) is 6.02. The van der Waals surface area contributed by atoms with Crippen molar-refractivity contribution in [2.45, 2.75) is 58.4 Å². The Hall–Kier alpha value is -1.62. The van der Waals surface area contributed by atoms with E-state index in [1.165, 1.54) is 31.4 Å². The number of hydrogen-bond donors (Lipinski definition) is 2. The first-order valence-electron chi connectivity index (χ1n) is 10.3. The Kier molecular flexibility index (Phi) is 5.15. The fraction of sp³-hybridized carbons (Fsp3) is 0.636. The van der Waals surface area contributed by atoms with Crippen molar-refractivity contribution in [1.82, 2.24) is 5.32 Å². The maximum Gasteiger partial charge on any atom is 0.247 e. The van der Waals surface area contributed by atoms with Crippen LogP contribution < -0.4 is 10.6 Å². The third kappa shape index (κ3) is 3.66. The van der Waals surface area contributed by atoms with Crippen LogP contribution in [0.4, 0.5) is 10.1 Å². The lowest BCUT2D eigenvalue weighted by molar-refractivity contribution is -0.148. The van der Waals surface area contributed by atoms with Crippen molar-refractivity contribution in [2.24, 2.45) is 29.1 Å². The normalized spacial score (nSPS) is 31.7. The minimum absolute atomic E-state index is 0.0330. The van der Waals surface area contributed by atoms with Gasteiger partial charge in [-0.1, -0.05) is 25.4 Å². The van der Waals surface area contributed by atoms with E-state index in [1.54, 1.807) is 0 Å². The average molecular weight is 407 g/mol. The summed E-state index contributed by atoms with van der Waals surface area (Å²) < 4.78 is 13.2. The quantitative estimate of drug-likeness (QED) is 0.739. The Balaban J connectivity index is 1.47. The Morgan fingerprint density at radius 3 is 2.18 bits per heavy atom.